The van der Waals surface area contributed by atoms with Gasteiger partial charge in [0.25, 0.3) is 5.95 Å². The fraction of sp³-hybridized carbons (Fsp3) is 0.357. The van der Waals surface area contributed by atoms with Gasteiger partial charge in [-0.05, 0) is 20.8 Å². The molecule has 2 rings (SSSR count). The van der Waals surface area contributed by atoms with Crippen LogP contribution in [0.2, 0.25) is 0 Å². The van der Waals surface area contributed by atoms with E-state index in [0.717, 1.165) is 0 Å². The van der Waals surface area contributed by atoms with Gasteiger partial charge in [-0.25, -0.2) is 9.48 Å². The lowest BCUT2D eigenvalue weighted by molar-refractivity contribution is 0.00695. The molecule has 0 saturated carbocycles. The number of ether oxygens (including phenoxy) is 2. The molecule has 114 valence electrons. The molecule has 0 N–H and O–H groups in total. The number of carbonyl (C=O) groups is 1. The first kappa shape index (κ1) is 15.4. The normalized spacial score (nSPS) is 10.9. The highest BCUT2D eigenvalue weighted by Gasteiger charge is 2.20. The van der Waals surface area contributed by atoms with Crippen molar-refractivity contribution in [1.29, 1.82) is 5.26 Å². The summed E-state index contributed by atoms with van der Waals surface area (Å²) in [7, 11) is 1.43. The van der Waals surface area contributed by atoms with Crippen LogP contribution in [-0.2, 0) is 4.74 Å². The molecule has 0 fully saturated rings. The molecule has 8 nitrogen and oxygen atoms in total. The first-order chi connectivity index (χ1) is 10.3. The number of hydrogen-bond donors (Lipinski definition) is 0. The second-order valence-electron chi connectivity index (χ2n) is 5.38. The Bertz CT molecular complexity index is 740. The fourth-order valence-electron chi connectivity index (χ4n) is 1.55. The van der Waals surface area contributed by atoms with E-state index in [1.165, 1.54) is 30.3 Å². The molecule has 0 spiro atoms. The van der Waals surface area contributed by atoms with Crippen LogP contribution >= 0.6 is 0 Å². The Hall–Kier alpha value is -2.95. The van der Waals surface area contributed by atoms with Crippen LogP contribution in [0.25, 0.3) is 5.95 Å². The average molecular weight is 301 g/mol. The molecular formula is C14H15N5O3. The van der Waals surface area contributed by atoms with Crippen molar-refractivity contribution >= 4 is 5.97 Å². The van der Waals surface area contributed by atoms with E-state index in [0.29, 0.717) is 0 Å². The van der Waals surface area contributed by atoms with Gasteiger partial charge in [-0.3, -0.25) is 0 Å². The number of carbonyl (C=O) groups excluding carboxylic acids is 1. The molecule has 0 bridgehead atoms. The molecule has 22 heavy (non-hydrogen) atoms. The number of nitriles is 1. The van der Waals surface area contributed by atoms with Gasteiger partial charge in [0.15, 0.2) is 0 Å². The largest absolute Gasteiger partial charge is 0.481 e. The summed E-state index contributed by atoms with van der Waals surface area (Å²) >= 11 is 0. The molecule has 0 aromatic carbocycles. The third-order valence-electron chi connectivity index (χ3n) is 2.44. The fourth-order valence-corrected chi connectivity index (χ4v) is 1.55. The Morgan fingerprint density at radius 1 is 1.36 bits per heavy atom. The molecule has 0 saturated heterocycles. The molecule has 2 heterocycles. The van der Waals surface area contributed by atoms with Crippen LogP contribution in [-0.4, -0.2) is 38.4 Å². The monoisotopic (exact) mass is 301 g/mol. The first-order valence-corrected chi connectivity index (χ1v) is 6.44. The second kappa shape index (κ2) is 5.81. The SMILES string of the molecule is COc1cc(C#N)nc(-n2cc(C(=O)OC(C)(C)C)cn2)n1. The van der Waals surface area contributed by atoms with Gasteiger partial charge in [0.05, 0.1) is 18.9 Å². The molecule has 8 heteroatoms. The lowest BCUT2D eigenvalue weighted by Crippen LogP contribution is -2.23. The van der Waals surface area contributed by atoms with E-state index in [-0.39, 0.29) is 23.1 Å². The molecule has 0 aliphatic heterocycles. The van der Waals surface area contributed by atoms with Crippen LogP contribution in [0.15, 0.2) is 18.5 Å². The summed E-state index contributed by atoms with van der Waals surface area (Å²) in [6.07, 6.45) is 2.78. The number of aromatic nitrogens is 4. The summed E-state index contributed by atoms with van der Waals surface area (Å²) < 4.78 is 11.5. The topological polar surface area (TPSA) is 103 Å². The quantitative estimate of drug-likeness (QED) is 0.791. The first-order valence-electron chi connectivity index (χ1n) is 6.44. The zero-order valence-corrected chi connectivity index (χ0v) is 12.7. The van der Waals surface area contributed by atoms with Crippen molar-refractivity contribution < 1.29 is 14.3 Å². The smallest absolute Gasteiger partial charge is 0.341 e. The van der Waals surface area contributed by atoms with Crippen molar-refractivity contribution in [3.05, 3.63) is 29.7 Å². The maximum Gasteiger partial charge on any atom is 0.341 e. The number of hydrogen-bond acceptors (Lipinski definition) is 7. The van der Waals surface area contributed by atoms with E-state index in [2.05, 4.69) is 15.1 Å². The minimum atomic E-state index is -0.598. The van der Waals surface area contributed by atoms with Crippen LogP contribution in [0.1, 0.15) is 36.8 Å². The van der Waals surface area contributed by atoms with E-state index in [9.17, 15) is 4.79 Å². The van der Waals surface area contributed by atoms with E-state index in [4.69, 9.17) is 14.7 Å². The molecule has 0 radical (unpaired) electrons. The van der Waals surface area contributed by atoms with Crippen molar-refractivity contribution in [2.24, 2.45) is 0 Å². The maximum absolute atomic E-state index is 12.0. The summed E-state index contributed by atoms with van der Waals surface area (Å²) in [4.78, 5) is 20.1. The third-order valence-corrected chi connectivity index (χ3v) is 2.44. The Balaban J connectivity index is 2.32. The van der Waals surface area contributed by atoms with E-state index in [1.54, 1.807) is 20.8 Å². The van der Waals surface area contributed by atoms with Crippen LogP contribution < -0.4 is 4.74 Å². The van der Waals surface area contributed by atoms with Crippen molar-refractivity contribution in [2.45, 2.75) is 26.4 Å². The van der Waals surface area contributed by atoms with Crippen molar-refractivity contribution in [2.75, 3.05) is 7.11 Å². The summed E-state index contributed by atoms with van der Waals surface area (Å²) in [5.74, 6) is -0.135. The molecule has 0 unspecified atom stereocenters. The zero-order chi connectivity index (χ0) is 16.3. The van der Waals surface area contributed by atoms with Crippen molar-refractivity contribution in [1.82, 2.24) is 19.7 Å². The van der Waals surface area contributed by atoms with Crippen LogP contribution in [0.5, 0.6) is 5.88 Å². The Morgan fingerprint density at radius 3 is 2.68 bits per heavy atom. The predicted octanol–water partition coefficient (Wildman–Crippen LogP) is 1.50. The minimum absolute atomic E-state index is 0.130. The van der Waals surface area contributed by atoms with E-state index in [1.807, 2.05) is 6.07 Å². The molecule has 2 aromatic heterocycles. The highest BCUT2D eigenvalue weighted by Crippen LogP contribution is 2.14. The van der Waals surface area contributed by atoms with Gasteiger partial charge < -0.3 is 9.47 Å². The highest BCUT2D eigenvalue weighted by molar-refractivity contribution is 5.89. The van der Waals surface area contributed by atoms with Crippen LogP contribution in [0.4, 0.5) is 0 Å². The average Bonchev–Trinajstić information content (AvgIpc) is 2.95. The van der Waals surface area contributed by atoms with E-state index >= 15 is 0 Å². The predicted molar refractivity (Wildman–Crippen MR) is 75.6 cm³/mol. The molecule has 0 aliphatic carbocycles. The maximum atomic E-state index is 12.0. The number of esters is 1. The van der Waals surface area contributed by atoms with Gasteiger partial charge in [0, 0.05) is 12.3 Å². The molecular weight excluding hydrogens is 286 g/mol. The standard InChI is InChI=1S/C14H15N5O3/c1-14(2,3)22-12(20)9-7-16-19(8-9)13-17-10(6-15)5-11(18-13)21-4/h5,7-8H,1-4H3. The van der Waals surface area contributed by atoms with Crippen LogP contribution in [0.3, 0.4) is 0 Å². The van der Waals surface area contributed by atoms with Gasteiger partial charge in [-0.2, -0.15) is 20.3 Å². The van der Waals surface area contributed by atoms with Crippen molar-refractivity contribution in [3.63, 3.8) is 0 Å². The highest BCUT2D eigenvalue weighted by atomic mass is 16.6. The van der Waals surface area contributed by atoms with Gasteiger partial charge in [-0.1, -0.05) is 0 Å². The Kier molecular flexibility index (Phi) is 4.08. The molecule has 0 atom stereocenters. The van der Waals surface area contributed by atoms with Crippen molar-refractivity contribution in [3.8, 4) is 17.9 Å². The molecule has 0 amide bonds. The molecule has 0 aliphatic rings. The number of nitrogens with zero attached hydrogens (tertiary/aromatic N) is 5. The summed E-state index contributed by atoms with van der Waals surface area (Å²) in [5.41, 5.74) is -0.198. The van der Waals surface area contributed by atoms with Gasteiger partial charge in [0.2, 0.25) is 5.88 Å². The lowest BCUT2D eigenvalue weighted by Gasteiger charge is -2.18. The second-order valence-corrected chi connectivity index (χ2v) is 5.38. The number of methoxy groups -OCH3 is 1. The Labute approximate surface area is 127 Å². The summed E-state index contributed by atoms with van der Waals surface area (Å²) in [5, 5.41) is 13.0. The van der Waals surface area contributed by atoms with Gasteiger partial charge >= 0.3 is 5.97 Å². The lowest BCUT2D eigenvalue weighted by atomic mass is 10.2. The van der Waals surface area contributed by atoms with E-state index < -0.39 is 11.6 Å². The van der Waals surface area contributed by atoms with Crippen LogP contribution in [0, 0.1) is 11.3 Å². The summed E-state index contributed by atoms with van der Waals surface area (Å²) in [6.45, 7) is 5.33. The number of rotatable bonds is 3. The van der Waals surface area contributed by atoms with Gasteiger partial charge in [-0.15, -0.1) is 0 Å². The Morgan fingerprint density at radius 2 is 2.09 bits per heavy atom. The zero-order valence-electron chi connectivity index (χ0n) is 12.7. The van der Waals surface area contributed by atoms with Gasteiger partial charge in [0.1, 0.15) is 17.4 Å². The third kappa shape index (κ3) is 3.58. The summed E-state index contributed by atoms with van der Waals surface area (Å²) in [6, 6.07) is 3.31. The minimum Gasteiger partial charge on any atom is -0.481 e. The molecule has 2 aromatic rings.